The first-order valence-electron chi connectivity index (χ1n) is 11.3. The quantitative estimate of drug-likeness (QED) is 0.255. The van der Waals surface area contributed by atoms with Crippen LogP contribution >= 0.6 is 0 Å². The van der Waals surface area contributed by atoms with E-state index >= 15 is 0 Å². The first kappa shape index (κ1) is 25.2. The summed E-state index contributed by atoms with van der Waals surface area (Å²) in [5, 5.41) is 24.7. The molecule has 3 heterocycles. The predicted octanol–water partition coefficient (Wildman–Crippen LogP) is 3.84. The van der Waals surface area contributed by atoms with E-state index in [2.05, 4.69) is 20.8 Å². The molecule has 1 aromatic carbocycles. The fourth-order valence-electron chi connectivity index (χ4n) is 3.60. The van der Waals surface area contributed by atoms with Gasteiger partial charge in [-0.25, -0.2) is 0 Å². The normalized spacial score (nSPS) is 10.8. The molecule has 4 aromatic rings. The van der Waals surface area contributed by atoms with E-state index in [0.717, 1.165) is 5.69 Å². The minimum Gasteiger partial charge on any atom is -0.486 e. The highest BCUT2D eigenvalue weighted by atomic mass is 16.6. The number of hydrogen-bond donors (Lipinski definition) is 2. The van der Waals surface area contributed by atoms with Gasteiger partial charge in [0.15, 0.2) is 5.76 Å². The molecular weight excluding hydrogens is 482 g/mol. The Morgan fingerprint density at radius 1 is 1.08 bits per heavy atom. The Bertz CT molecular complexity index is 1480. The van der Waals surface area contributed by atoms with Gasteiger partial charge in [0.1, 0.15) is 23.8 Å². The van der Waals surface area contributed by atoms with Crippen molar-refractivity contribution >= 4 is 28.9 Å². The van der Waals surface area contributed by atoms with Crippen LogP contribution in [0.4, 0.5) is 17.1 Å². The third kappa shape index (κ3) is 5.34. The maximum absolute atomic E-state index is 13.0. The van der Waals surface area contributed by atoms with Crippen molar-refractivity contribution in [1.29, 1.82) is 0 Å². The molecule has 0 aliphatic heterocycles. The van der Waals surface area contributed by atoms with Crippen LogP contribution in [0.5, 0.6) is 5.75 Å². The molecule has 0 radical (unpaired) electrons. The van der Waals surface area contributed by atoms with Gasteiger partial charge < -0.3 is 19.8 Å². The molecule has 13 nitrogen and oxygen atoms in total. The number of ether oxygens (including phenoxy) is 1. The number of carbonyl (C=O) groups is 2. The summed E-state index contributed by atoms with van der Waals surface area (Å²) in [5.41, 5.74) is 2.19. The average Bonchev–Trinajstić information content (AvgIpc) is 3.58. The van der Waals surface area contributed by atoms with Crippen molar-refractivity contribution in [2.75, 3.05) is 10.6 Å². The van der Waals surface area contributed by atoms with Gasteiger partial charge >= 0.3 is 0 Å². The molecule has 0 fully saturated rings. The SMILES string of the molecule is CCn1ncc(NC(=O)c2ccc(COc3ccc([N+](=O)[O-])c(C)c3)o2)c1C(=O)Nc1cnn(C)c1C. The van der Waals surface area contributed by atoms with Crippen LogP contribution in [-0.4, -0.2) is 36.3 Å². The highest BCUT2D eigenvalue weighted by Gasteiger charge is 2.23. The summed E-state index contributed by atoms with van der Waals surface area (Å²) in [7, 11) is 1.77. The Balaban J connectivity index is 1.43. The lowest BCUT2D eigenvalue weighted by Gasteiger charge is -2.09. The second kappa shape index (κ2) is 10.4. The highest BCUT2D eigenvalue weighted by molar-refractivity contribution is 6.11. The fourth-order valence-corrected chi connectivity index (χ4v) is 3.60. The van der Waals surface area contributed by atoms with Gasteiger partial charge in [0.25, 0.3) is 17.5 Å². The lowest BCUT2D eigenvalue weighted by molar-refractivity contribution is -0.385. The number of rotatable bonds is 9. The van der Waals surface area contributed by atoms with Gasteiger partial charge in [0.05, 0.1) is 34.4 Å². The molecule has 0 saturated carbocycles. The van der Waals surface area contributed by atoms with Gasteiger partial charge in [0.2, 0.25) is 0 Å². The highest BCUT2D eigenvalue weighted by Crippen LogP contribution is 2.24. The second-order valence-electron chi connectivity index (χ2n) is 8.16. The van der Waals surface area contributed by atoms with Crippen molar-refractivity contribution < 1.29 is 23.7 Å². The molecular formula is C24H25N7O6. The molecule has 4 rings (SSSR count). The molecule has 192 valence electrons. The van der Waals surface area contributed by atoms with Crippen molar-refractivity contribution in [2.24, 2.45) is 7.05 Å². The van der Waals surface area contributed by atoms with Gasteiger partial charge in [-0.05, 0) is 45.0 Å². The number of hydrogen-bond acceptors (Lipinski definition) is 8. The molecule has 0 bridgehead atoms. The molecule has 0 spiro atoms. The van der Waals surface area contributed by atoms with Gasteiger partial charge in [-0.15, -0.1) is 0 Å². The minimum atomic E-state index is -0.570. The number of carbonyl (C=O) groups excluding carboxylic acids is 2. The molecule has 0 unspecified atom stereocenters. The van der Waals surface area contributed by atoms with Crippen LogP contribution in [0.25, 0.3) is 0 Å². The number of nitrogens with zero attached hydrogens (tertiary/aromatic N) is 5. The smallest absolute Gasteiger partial charge is 0.291 e. The van der Waals surface area contributed by atoms with Crippen LogP contribution in [-0.2, 0) is 20.2 Å². The van der Waals surface area contributed by atoms with Gasteiger partial charge in [-0.2, -0.15) is 10.2 Å². The van der Waals surface area contributed by atoms with E-state index < -0.39 is 16.7 Å². The summed E-state index contributed by atoms with van der Waals surface area (Å²) in [6, 6.07) is 7.48. The largest absolute Gasteiger partial charge is 0.486 e. The Morgan fingerprint density at radius 3 is 2.46 bits per heavy atom. The summed E-state index contributed by atoms with van der Waals surface area (Å²) < 4.78 is 14.3. The summed E-state index contributed by atoms with van der Waals surface area (Å²) >= 11 is 0. The van der Waals surface area contributed by atoms with Crippen LogP contribution in [0.3, 0.4) is 0 Å². The monoisotopic (exact) mass is 507 g/mol. The Morgan fingerprint density at radius 2 is 1.81 bits per heavy atom. The Kier molecular flexibility index (Phi) is 7.04. The van der Waals surface area contributed by atoms with E-state index in [4.69, 9.17) is 9.15 Å². The lowest BCUT2D eigenvalue weighted by Crippen LogP contribution is -2.21. The number of aromatic nitrogens is 4. The van der Waals surface area contributed by atoms with Gasteiger partial charge in [-0.3, -0.25) is 29.1 Å². The molecule has 37 heavy (non-hydrogen) atoms. The second-order valence-corrected chi connectivity index (χ2v) is 8.16. The molecule has 0 saturated heterocycles. The first-order valence-corrected chi connectivity index (χ1v) is 11.3. The molecule has 13 heteroatoms. The maximum Gasteiger partial charge on any atom is 0.291 e. The van der Waals surface area contributed by atoms with E-state index in [-0.39, 0.29) is 29.4 Å². The number of nitrogens with one attached hydrogen (secondary N) is 2. The Hall–Kier alpha value is -4.94. The van der Waals surface area contributed by atoms with Crippen molar-refractivity contribution in [1.82, 2.24) is 19.6 Å². The summed E-state index contributed by atoms with van der Waals surface area (Å²) in [6.45, 7) is 5.69. The molecule has 0 aliphatic carbocycles. The van der Waals surface area contributed by atoms with E-state index in [1.54, 1.807) is 37.0 Å². The van der Waals surface area contributed by atoms with Crippen molar-refractivity contribution in [3.63, 3.8) is 0 Å². The number of amides is 2. The standard InChI is InChI=1S/C24H25N7O6/c1-5-30-22(24(33)27-18-11-25-29(4)15(18)3)19(12-26-30)28-23(32)21-9-7-17(37-21)13-36-16-6-8-20(31(34)35)14(2)10-16/h6-12H,5,13H2,1-4H3,(H,27,33)(H,28,32). The minimum absolute atomic E-state index is 0.000628. The number of nitro benzene ring substituents is 1. The van der Waals surface area contributed by atoms with Crippen LogP contribution in [0.1, 0.15) is 45.0 Å². The van der Waals surface area contributed by atoms with E-state index in [1.807, 2.05) is 13.8 Å². The lowest BCUT2D eigenvalue weighted by atomic mass is 10.2. The third-order valence-electron chi connectivity index (χ3n) is 5.72. The molecule has 0 atom stereocenters. The number of furan rings is 1. The van der Waals surface area contributed by atoms with E-state index in [9.17, 15) is 19.7 Å². The van der Waals surface area contributed by atoms with Crippen molar-refractivity contribution in [3.05, 3.63) is 81.3 Å². The van der Waals surface area contributed by atoms with Gasteiger partial charge in [-0.1, -0.05) is 0 Å². The zero-order valence-electron chi connectivity index (χ0n) is 20.6. The molecule has 0 aliphatic rings. The Labute approximate surface area is 211 Å². The van der Waals surface area contributed by atoms with Crippen molar-refractivity contribution in [3.8, 4) is 5.75 Å². The topological polar surface area (TPSA) is 159 Å². The number of benzene rings is 1. The summed E-state index contributed by atoms with van der Waals surface area (Å²) in [6.07, 6.45) is 2.94. The van der Waals surface area contributed by atoms with Crippen LogP contribution in [0, 0.1) is 24.0 Å². The van der Waals surface area contributed by atoms with Crippen molar-refractivity contribution in [2.45, 2.75) is 33.9 Å². The van der Waals surface area contributed by atoms with Gasteiger partial charge in [0, 0.05) is 25.2 Å². The van der Waals surface area contributed by atoms with E-state index in [1.165, 1.54) is 29.1 Å². The number of nitro groups is 1. The number of aryl methyl sites for hydroxylation is 3. The first-order chi connectivity index (χ1) is 17.7. The summed E-state index contributed by atoms with van der Waals surface area (Å²) in [4.78, 5) is 36.4. The van der Waals surface area contributed by atoms with Crippen LogP contribution in [0.15, 0.2) is 47.1 Å². The van der Waals surface area contributed by atoms with Crippen LogP contribution in [0.2, 0.25) is 0 Å². The third-order valence-corrected chi connectivity index (χ3v) is 5.72. The average molecular weight is 508 g/mol. The van der Waals surface area contributed by atoms with E-state index in [0.29, 0.717) is 29.3 Å². The predicted molar refractivity (Wildman–Crippen MR) is 133 cm³/mol. The summed E-state index contributed by atoms with van der Waals surface area (Å²) in [5.74, 6) is -0.207. The maximum atomic E-state index is 13.0. The molecule has 2 N–H and O–H groups in total. The zero-order valence-corrected chi connectivity index (χ0v) is 20.6. The number of anilines is 2. The van der Waals surface area contributed by atoms with Crippen LogP contribution < -0.4 is 15.4 Å². The molecule has 2 amide bonds. The molecule has 3 aromatic heterocycles. The zero-order chi connectivity index (χ0) is 26.7. The fraction of sp³-hybridized carbons (Fsp3) is 0.250.